The maximum absolute atomic E-state index is 6.91. The van der Waals surface area contributed by atoms with Crippen molar-refractivity contribution in [3.8, 4) is 0 Å². The molecule has 1 heterocycles. The fraction of sp³-hybridized carbons (Fsp3) is 0. The van der Waals surface area contributed by atoms with Crippen molar-refractivity contribution in [2.45, 2.75) is 0 Å². The average Bonchev–Trinajstić information content (AvgIpc) is 1.87. The van der Waals surface area contributed by atoms with Crippen molar-refractivity contribution in [3.05, 3.63) is 22.8 Å². The molecule has 1 aromatic rings. The largest absolute Gasteiger partial charge is 0.152 e. The van der Waals surface area contributed by atoms with E-state index in [1.807, 2.05) is 0 Å². The standard InChI is InChI=1S/C4H4S/c1-2-4-5-3-1/h1-4H/i1D,4D. The van der Waals surface area contributed by atoms with Gasteiger partial charge in [0.15, 0.2) is 0 Å². The van der Waals surface area contributed by atoms with Crippen molar-refractivity contribution in [3.63, 3.8) is 0 Å². The van der Waals surface area contributed by atoms with Gasteiger partial charge in [-0.1, -0.05) is 12.1 Å². The second-order valence-corrected chi connectivity index (χ2v) is 1.37. The zero-order valence-corrected chi connectivity index (χ0v) is 3.38. The van der Waals surface area contributed by atoms with E-state index in [-0.39, 0.29) is 0 Å². The van der Waals surface area contributed by atoms with Gasteiger partial charge in [-0.2, -0.15) is 11.3 Å². The van der Waals surface area contributed by atoms with Gasteiger partial charge in [0.1, 0.15) is 0 Å². The van der Waals surface area contributed by atoms with Gasteiger partial charge in [-0.25, -0.2) is 0 Å². The minimum atomic E-state index is 0.440. The van der Waals surface area contributed by atoms with Crippen LogP contribution in [0.5, 0.6) is 0 Å². The van der Waals surface area contributed by atoms with Crippen LogP contribution in [0.4, 0.5) is 0 Å². The predicted molar refractivity (Wildman–Crippen MR) is 24.3 cm³/mol. The summed E-state index contributed by atoms with van der Waals surface area (Å²) in [6.07, 6.45) is 0. The smallest absolute Gasteiger partial charge is 0.0739 e. The summed E-state index contributed by atoms with van der Waals surface area (Å²) >= 11 is 1.28. The molecule has 0 aliphatic rings. The van der Waals surface area contributed by atoms with Crippen LogP contribution < -0.4 is 0 Å². The van der Waals surface area contributed by atoms with Gasteiger partial charge in [-0.15, -0.1) is 0 Å². The number of thiophene rings is 1. The maximum atomic E-state index is 6.91. The molecule has 0 bridgehead atoms. The summed E-state index contributed by atoms with van der Waals surface area (Å²) in [5.74, 6) is 0. The first-order valence-corrected chi connectivity index (χ1v) is 2.19. The Hall–Kier alpha value is -0.300. The fourth-order valence-electron chi connectivity index (χ4n) is 0.170. The van der Waals surface area contributed by atoms with Crippen LogP contribution in [0.15, 0.2) is 22.8 Å². The van der Waals surface area contributed by atoms with Gasteiger partial charge >= 0.3 is 0 Å². The molecule has 0 aromatic carbocycles. The summed E-state index contributed by atoms with van der Waals surface area (Å²) in [5, 5.41) is 2.10. The van der Waals surface area contributed by atoms with Gasteiger partial charge in [0, 0.05) is 0 Å². The molecule has 26 valence electrons. The van der Waals surface area contributed by atoms with Crippen LogP contribution in [0.2, 0.25) is 0 Å². The molecular formula is C4H4S. The highest BCUT2D eigenvalue weighted by molar-refractivity contribution is 7.07. The Labute approximate surface area is 37.9 Å². The van der Waals surface area contributed by atoms with Crippen LogP contribution in [0.25, 0.3) is 0 Å². The SMILES string of the molecule is [2H]c1csc([2H])c1. The van der Waals surface area contributed by atoms with E-state index in [0.717, 1.165) is 0 Å². The zero-order chi connectivity index (χ0) is 5.28. The quantitative estimate of drug-likeness (QED) is 0.451. The van der Waals surface area contributed by atoms with Crippen LogP contribution in [-0.4, -0.2) is 0 Å². The Morgan fingerprint density at radius 2 is 2.80 bits per heavy atom. The molecule has 0 saturated heterocycles. The van der Waals surface area contributed by atoms with E-state index in [0.29, 0.717) is 11.4 Å². The van der Waals surface area contributed by atoms with E-state index in [9.17, 15) is 0 Å². The highest BCUT2D eigenvalue weighted by Gasteiger charge is 1.58. The molecule has 0 aliphatic carbocycles. The minimum absolute atomic E-state index is 0.440. The second kappa shape index (κ2) is 1.22. The Morgan fingerprint density at radius 1 is 1.80 bits per heavy atom. The lowest BCUT2D eigenvalue weighted by molar-refractivity contribution is 2.03. The molecule has 5 heavy (non-hydrogen) atoms. The molecule has 0 amide bonds. The topological polar surface area (TPSA) is 0 Å². The van der Waals surface area contributed by atoms with E-state index in [1.165, 1.54) is 17.4 Å². The van der Waals surface area contributed by atoms with Crippen LogP contribution in [0.1, 0.15) is 2.74 Å². The molecule has 1 heteroatoms. The molecule has 1 aromatic heterocycles. The first kappa shape index (κ1) is 1.43. The molecule has 0 radical (unpaired) electrons. The van der Waals surface area contributed by atoms with Crippen molar-refractivity contribution in [1.29, 1.82) is 0 Å². The Bertz CT molecular complexity index is 142. The van der Waals surface area contributed by atoms with Crippen molar-refractivity contribution in [2.75, 3.05) is 0 Å². The van der Waals surface area contributed by atoms with Gasteiger partial charge in [-0.05, 0) is 10.7 Å². The van der Waals surface area contributed by atoms with Gasteiger partial charge in [0.25, 0.3) is 0 Å². The van der Waals surface area contributed by atoms with Crippen LogP contribution >= 0.6 is 11.3 Å². The summed E-state index contributed by atoms with van der Waals surface area (Å²) in [4.78, 5) is 0. The second-order valence-electron chi connectivity index (χ2n) is 0.665. The van der Waals surface area contributed by atoms with Crippen molar-refractivity contribution >= 4 is 11.3 Å². The van der Waals surface area contributed by atoms with E-state index >= 15 is 0 Å². The maximum Gasteiger partial charge on any atom is 0.0739 e. The first-order chi connectivity index (χ1) is 3.29. The van der Waals surface area contributed by atoms with Gasteiger partial charge < -0.3 is 0 Å². The normalized spacial score (nSPS) is 13.6. The lowest BCUT2D eigenvalue weighted by Crippen LogP contribution is -1.16. The number of hydrogen-bond donors (Lipinski definition) is 0. The molecule has 0 atom stereocenters. The molecule has 0 unspecified atom stereocenters. The highest BCUT2D eigenvalue weighted by Crippen LogP contribution is 1.91. The van der Waals surface area contributed by atoms with E-state index in [1.54, 1.807) is 5.38 Å². The Balaban J connectivity index is 3.04. The summed E-state index contributed by atoms with van der Waals surface area (Å²) < 4.78 is 13.8. The minimum Gasteiger partial charge on any atom is -0.152 e. The first-order valence-electron chi connectivity index (χ1n) is 2.31. The Kier molecular flexibility index (Phi) is 0.350. The third-order valence-electron chi connectivity index (χ3n) is 0.337. The Morgan fingerprint density at radius 3 is 3.00 bits per heavy atom. The lowest BCUT2D eigenvalue weighted by atomic mass is 10.7. The highest BCUT2D eigenvalue weighted by atomic mass is 32.1. The number of hydrogen-bond acceptors (Lipinski definition) is 1. The predicted octanol–water partition coefficient (Wildman–Crippen LogP) is 1.75. The molecule has 0 aliphatic heterocycles. The van der Waals surface area contributed by atoms with Gasteiger partial charge in [-0.3, -0.25) is 0 Å². The monoisotopic (exact) mass is 86.0 g/mol. The third-order valence-corrected chi connectivity index (χ3v) is 0.845. The van der Waals surface area contributed by atoms with E-state index in [4.69, 9.17) is 2.74 Å². The average molecular weight is 86.2 g/mol. The summed E-state index contributed by atoms with van der Waals surface area (Å²) in [6, 6.07) is 1.96. The molecule has 0 spiro atoms. The summed E-state index contributed by atoms with van der Waals surface area (Å²) in [7, 11) is 0. The van der Waals surface area contributed by atoms with Crippen LogP contribution in [0.3, 0.4) is 0 Å². The summed E-state index contributed by atoms with van der Waals surface area (Å²) in [6.45, 7) is 0. The summed E-state index contributed by atoms with van der Waals surface area (Å²) in [5.41, 5.74) is 0. The molecule has 1 rings (SSSR count). The van der Waals surface area contributed by atoms with E-state index < -0.39 is 0 Å². The van der Waals surface area contributed by atoms with Gasteiger partial charge in [0.2, 0.25) is 0 Å². The lowest BCUT2D eigenvalue weighted by Gasteiger charge is -1.39. The van der Waals surface area contributed by atoms with Crippen molar-refractivity contribution < 1.29 is 2.74 Å². The van der Waals surface area contributed by atoms with Crippen LogP contribution in [-0.2, 0) is 0 Å². The molecule has 0 nitrogen and oxygen atoms in total. The van der Waals surface area contributed by atoms with E-state index in [2.05, 4.69) is 0 Å². The molecular weight excluding hydrogens is 80.1 g/mol. The zero-order valence-electron chi connectivity index (χ0n) is 4.56. The third kappa shape index (κ3) is 0.484. The molecule has 0 saturated carbocycles. The molecule has 0 fully saturated rings. The van der Waals surface area contributed by atoms with Crippen molar-refractivity contribution in [1.82, 2.24) is 0 Å². The molecule has 0 N–H and O–H groups in total. The van der Waals surface area contributed by atoms with Crippen LogP contribution in [0, 0.1) is 0 Å². The van der Waals surface area contributed by atoms with Crippen molar-refractivity contribution in [2.24, 2.45) is 0 Å². The fourth-order valence-corrected chi connectivity index (χ4v) is 0.510. The number of rotatable bonds is 0. The van der Waals surface area contributed by atoms with Gasteiger partial charge in [0.05, 0.1) is 2.74 Å².